The number of methoxy groups -OCH3 is 2. The summed E-state index contributed by atoms with van der Waals surface area (Å²) in [6, 6.07) is 12.8. The molecule has 2 amide bonds. The van der Waals surface area contributed by atoms with Crippen molar-refractivity contribution in [3.05, 3.63) is 59.3 Å². The molecule has 0 radical (unpaired) electrons. The van der Waals surface area contributed by atoms with Crippen LogP contribution in [0.25, 0.3) is 10.9 Å². The quantitative estimate of drug-likeness (QED) is 0.624. The first kappa shape index (κ1) is 21.1. The number of hydrogen-bond donors (Lipinski definition) is 1. The number of benzene rings is 2. The fraction of sp³-hybridized carbons (Fsp3) is 0.320. The minimum atomic E-state index is -0.640. The van der Waals surface area contributed by atoms with Crippen molar-refractivity contribution in [3.63, 3.8) is 0 Å². The number of hydrazone groups is 1. The monoisotopic (exact) mass is 446 g/mol. The first-order valence-corrected chi connectivity index (χ1v) is 10.8. The van der Waals surface area contributed by atoms with Crippen LogP contribution in [-0.4, -0.2) is 59.7 Å². The van der Waals surface area contributed by atoms with E-state index in [-0.39, 0.29) is 18.4 Å². The van der Waals surface area contributed by atoms with E-state index in [0.717, 1.165) is 22.2 Å². The number of amides is 2. The van der Waals surface area contributed by atoms with Gasteiger partial charge in [-0.15, -0.1) is 0 Å². The Bertz CT molecular complexity index is 1290. The topological polar surface area (TPSA) is 87.2 Å². The molecule has 1 saturated heterocycles. The summed E-state index contributed by atoms with van der Waals surface area (Å²) in [6.45, 7) is 3.86. The number of nitrogens with zero attached hydrogens (tertiary/aromatic N) is 3. The Kier molecular flexibility index (Phi) is 4.88. The Morgan fingerprint density at radius 2 is 1.91 bits per heavy atom. The molecule has 3 aromatic rings. The summed E-state index contributed by atoms with van der Waals surface area (Å²) in [5, 5.41) is 6.73. The van der Waals surface area contributed by atoms with E-state index in [2.05, 4.69) is 16.2 Å². The highest BCUT2D eigenvalue weighted by Crippen LogP contribution is 2.42. The lowest BCUT2D eigenvalue weighted by molar-refractivity contribution is -0.163. The van der Waals surface area contributed by atoms with Crippen molar-refractivity contribution in [3.8, 4) is 11.5 Å². The number of aromatic nitrogens is 1. The molecule has 0 aliphatic carbocycles. The molecule has 1 fully saturated rings. The highest BCUT2D eigenvalue weighted by atomic mass is 16.5. The van der Waals surface area contributed by atoms with Gasteiger partial charge in [-0.2, -0.15) is 5.10 Å². The van der Waals surface area contributed by atoms with Crippen LogP contribution in [-0.2, 0) is 21.5 Å². The third-order valence-corrected chi connectivity index (χ3v) is 6.61. The second kappa shape index (κ2) is 7.65. The Labute approximate surface area is 191 Å². The zero-order chi connectivity index (χ0) is 23.3. The van der Waals surface area contributed by atoms with E-state index >= 15 is 0 Å². The maximum absolute atomic E-state index is 13.5. The number of H-pyrrole nitrogens is 1. The lowest BCUT2D eigenvalue weighted by atomic mass is 9.82. The average Bonchev–Trinajstić information content (AvgIpc) is 3.20. The van der Waals surface area contributed by atoms with E-state index < -0.39 is 11.6 Å². The van der Waals surface area contributed by atoms with Gasteiger partial charge in [0.15, 0.2) is 0 Å². The number of hydrogen-bond acceptors (Lipinski definition) is 5. The predicted octanol–water partition coefficient (Wildman–Crippen LogP) is 3.05. The molecule has 0 spiro atoms. The van der Waals surface area contributed by atoms with E-state index in [1.807, 2.05) is 32.0 Å². The van der Waals surface area contributed by atoms with Crippen LogP contribution in [0.3, 0.4) is 0 Å². The molecule has 0 unspecified atom stereocenters. The summed E-state index contributed by atoms with van der Waals surface area (Å²) in [5.74, 6) is 0.899. The van der Waals surface area contributed by atoms with E-state index in [1.165, 1.54) is 5.01 Å². The van der Waals surface area contributed by atoms with Gasteiger partial charge in [-0.25, -0.2) is 5.01 Å². The SMILES string of the molecule is COc1ccc(/C=N\N2CC(=O)N3[C@@H](Cc4c([nH]c5ccccc45)C3(C)C)C2=O)c(OC)c1. The molecule has 170 valence electrons. The Balaban J connectivity index is 1.49. The average molecular weight is 447 g/mol. The molecule has 0 bridgehead atoms. The number of nitrogens with one attached hydrogen (secondary N) is 1. The van der Waals surface area contributed by atoms with Crippen molar-refractivity contribution >= 4 is 28.9 Å². The third-order valence-electron chi connectivity index (χ3n) is 6.61. The Hall–Kier alpha value is -3.81. The fourth-order valence-electron chi connectivity index (χ4n) is 5.02. The summed E-state index contributed by atoms with van der Waals surface area (Å²) < 4.78 is 10.6. The van der Waals surface area contributed by atoms with Gasteiger partial charge in [-0.3, -0.25) is 9.59 Å². The summed E-state index contributed by atoms with van der Waals surface area (Å²) in [6.07, 6.45) is 2.00. The van der Waals surface area contributed by atoms with E-state index in [4.69, 9.17) is 9.47 Å². The summed E-state index contributed by atoms with van der Waals surface area (Å²) in [4.78, 5) is 31.9. The third kappa shape index (κ3) is 3.25. The molecule has 8 heteroatoms. The van der Waals surface area contributed by atoms with Crippen LogP contribution >= 0.6 is 0 Å². The fourth-order valence-corrected chi connectivity index (χ4v) is 5.02. The number of piperazine rings is 1. The molecule has 1 atom stereocenters. The number of carbonyl (C=O) groups is 2. The second-order valence-corrected chi connectivity index (χ2v) is 8.82. The largest absolute Gasteiger partial charge is 0.497 e. The zero-order valence-electron chi connectivity index (χ0n) is 19.1. The van der Waals surface area contributed by atoms with Crippen LogP contribution in [0.15, 0.2) is 47.6 Å². The summed E-state index contributed by atoms with van der Waals surface area (Å²) in [5.41, 5.74) is 3.13. The minimum absolute atomic E-state index is 0.108. The van der Waals surface area contributed by atoms with Gasteiger partial charge in [-0.1, -0.05) is 18.2 Å². The van der Waals surface area contributed by atoms with Crippen molar-refractivity contribution in [1.29, 1.82) is 0 Å². The first-order chi connectivity index (χ1) is 15.8. The highest BCUT2D eigenvalue weighted by Gasteiger charge is 2.51. The van der Waals surface area contributed by atoms with Crippen LogP contribution < -0.4 is 9.47 Å². The van der Waals surface area contributed by atoms with Crippen molar-refractivity contribution in [2.75, 3.05) is 20.8 Å². The molecule has 1 N–H and O–H groups in total. The smallest absolute Gasteiger partial charge is 0.266 e. The van der Waals surface area contributed by atoms with Crippen molar-refractivity contribution in [2.45, 2.75) is 31.8 Å². The first-order valence-electron chi connectivity index (χ1n) is 10.8. The van der Waals surface area contributed by atoms with E-state index in [9.17, 15) is 9.59 Å². The number of aromatic amines is 1. The maximum Gasteiger partial charge on any atom is 0.266 e. The minimum Gasteiger partial charge on any atom is -0.497 e. The molecule has 2 aliphatic heterocycles. The molecule has 8 nitrogen and oxygen atoms in total. The van der Waals surface area contributed by atoms with Gasteiger partial charge in [0, 0.05) is 34.6 Å². The predicted molar refractivity (Wildman–Crippen MR) is 125 cm³/mol. The molecule has 5 rings (SSSR count). The second-order valence-electron chi connectivity index (χ2n) is 8.82. The lowest BCUT2D eigenvalue weighted by Gasteiger charge is -2.50. The van der Waals surface area contributed by atoms with Crippen LogP contribution in [0.1, 0.15) is 30.7 Å². The van der Waals surface area contributed by atoms with Gasteiger partial charge in [-0.05, 0) is 37.6 Å². The maximum atomic E-state index is 13.5. The van der Waals surface area contributed by atoms with E-state index in [1.54, 1.807) is 43.5 Å². The number of para-hydroxylation sites is 1. The highest BCUT2D eigenvalue weighted by molar-refractivity contribution is 5.98. The summed E-state index contributed by atoms with van der Waals surface area (Å²) >= 11 is 0. The molecular formula is C25H26N4O4. The van der Waals surface area contributed by atoms with Crippen LogP contribution in [0.2, 0.25) is 0 Å². The molecule has 1 aromatic heterocycles. The van der Waals surface area contributed by atoms with Crippen molar-refractivity contribution in [2.24, 2.45) is 5.10 Å². The van der Waals surface area contributed by atoms with Gasteiger partial charge < -0.3 is 19.4 Å². The lowest BCUT2D eigenvalue weighted by Crippen LogP contribution is -2.66. The molecule has 0 saturated carbocycles. The number of fused-ring (bicyclic) bond motifs is 4. The normalized spacial score (nSPS) is 19.7. The standard InChI is InChI=1S/C25H26N4O4/c1-25(2)23-18(17-7-5-6-8-19(17)27-23)12-20-24(31)28(14-22(30)29(20)25)26-13-15-9-10-16(32-3)11-21(15)33-4/h5-11,13,20,27H,12,14H2,1-4H3/b26-13-/t20-/m0/s1. The number of rotatable bonds is 4. The molecular weight excluding hydrogens is 420 g/mol. The van der Waals surface area contributed by atoms with Gasteiger partial charge in [0.1, 0.15) is 24.1 Å². The molecule has 3 heterocycles. The van der Waals surface area contributed by atoms with Crippen LogP contribution in [0.5, 0.6) is 11.5 Å². The number of carbonyl (C=O) groups excluding carboxylic acids is 2. The van der Waals surface area contributed by atoms with Crippen LogP contribution in [0, 0.1) is 0 Å². The van der Waals surface area contributed by atoms with Gasteiger partial charge >= 0.3 is 0 Å². The van der Waals surface area contributed by atoms with Crippen LogP contribution in [0.4, 0.5) is 0 Å². The number of ether oxygens (including phenoxy) is 2. The Morgan fingerprint density at radius 3 is 2.67 bits per heavy atom. The summed E-state index contributed by atoms with van der Waals surface area (Å²) in [7, 11) is 3.14. The Morgan fingerprint density at radius 1 is 1.12 bits per heavy atom. The zero-order valence-corrected chi connectivity index (χ0v) is 19.1. The van der Waals surface area contributed by atoms with Gasteiger partial charge in [0.05, 0.1) is 26.0 Å². The molecule has 33 heavy (non-hydrogen) atoms. The van der Waals surface area contributed by atoms with E-state index in [0.29, 0.717) is 23.5 Å². The molecule has 2 aliphatic rings. The van der Waals surface area contributed by atoms with Crippen molar-refractivity contribution in [1.82, 2.24) is 14.9 Å². The van der Waals surface area contributed by atoms with Crippen molar-refractivity contribution < 1.29 is 19.1 Å². The molecule has 2 aromatic carbocycles. The van der Waals surface area contributed by atoms with Gasteiger partial charge in [0.25, 0.3) is 5.91 Å². The van der Waals surface area contributed by atoms with Gasteiger partial charge in [0.2, 0.25) is 5.91 Å².